The van der Waals surface area contributed by atoms with E-state index >= 15 is 0 Å². The van der Waals surface area contributed by atoms with Gasteiger partial charge in [0, 0.05) is 37.1 Å². The number of aromatic nitrogens is 1. The molecule has 1 amide bonds. The summed E-state index contributed by atoms with van der Waals surface area (Å²) in [5.41, 5.74) is 0.646. The molecule has 1 heterocycles. The molecule has 0 aliphatic heterocycles. The summed E-state index contributed by atoms with van der Waals surface area (Å²) < 4.78 is 31.3. The molecule has 9 nitrogen and oxygen atoms in total. The lowest BCUT2D eigenvalue weighted by Gasteiger charge is -2.05. The summed E-state index contributed by atoms with van der Waals surface area (Å²) in [6.07, 6.45) is 1.06. The van der Waals surface area contributed by atoms with E-state index in [1.807, 2.05) is 6.92 Å². The number of non-ortho nitro benzene ring substituents is 1. The van der Waals surface area contributed by atoms with Crippen LogP contribution in [0.3, 0.4) is 0 Å². The molecule has 3 rings (SSSR count). The molecule has 1 aromatic heterocycles. The number of sulfone groups is 1. The lowest BCUT2D eigenvalue weighted by Crippen LogP contribution is -2.20. The van der Waals surface area contributed by atoms with Crippen molar-refractivity contribution in [2.24, 2.45) is 4.99 Å². The number of hydrogen-bond acceptors (Lipinski definition) is 7. The average molecular weight is 450 g/mol. The van der Waals surface area contributed by atoms with Gasteiger partial charge < -0.3 is 9.30 Å². The van der Waals surface area contributed by atoms with E-state index in [1.54, 1.807) is 10.6 Å². The molecule has 0 spiro atoms. The second-order valence-electron chi connectivity index (χ2n) is 6.36. The van der Waals surface area contributed by atoms with E-state index in [0.29, 0.717) is 30.1 Å². The smallest absolute Gasteiger partial charge is 0.279 e. The fraction of sp³-hybridized carbons (Fsp3) is 0.263. The minimum atomic E-state index is -3.47. The Balaban J connectivity index is 2.11. The number of thiazole rings is 1. The molecule has 0 saturated heterocycles. The van der Waals surface area contributed by atoms with Crippen LogP contribution >= 0.6 is 11.3 Å². The first-order valence-corrected chi connectivity index (χ1v) is 11.7. The molecule has 0 unspecified atom stereocenters. The van der Waals surface area contributed by atoms with Gasteiger partial charge in [0.2, 0.25) is 0 Å². The maximum absolute atomic E-state index is 12.7. The number of carbonyl (C=O) groups is 1. The summed E-state index contributed by atoms with van der Waals surface area (Å²) in [7, 11) is -3.47. The zero-order chi connectivity index (χ0) is 21.9. The van der Waals surface area contributed by atoms with E-state index in [-0.39, 0.29) is 16.1 Å². The number of hydrogen-bond donors (Lipinski definition) is 0. The Bertz CT molecular complexity index is 1290. The van der Waals surface area contributed by atoms with Crippen LogP contribution in [0.2, 0.25) is 0 Å². The number of nitro groups is 1. The Labute approximate surface area is 176 Å². The van der Waals surface area contributed by atoms with Gasteiger partial charge in [-0.05, 0) is 31.2 Å². The molecule has 0 bridgehead atoms. The lowest BCUT2D eigenvalue weighted by atomic mass is 10.2. The standard InChI is InChI=1S/C19H19N3O6S2/c1-3-28-10-9-21-16-12-14(22(24)25)7-8-17(16)29-19(21)20-18(23)13-5-4-6-15(11-13)30(2,26)27/h4-8,11-12H,3,9-10H2,1-2H3. The number of rotatable bonds is 7. The second kappa shape index (κ2) is 8.86. The van der Waals surface area contributed by atoms with Crippen LogP contribution in [0, 0.1) is 10.1 Å². The lowest BCUT2D eigenvalue weighted by molar-refractivity contribution is -0.384. The number of carbonyl (C=O) groups excluding carboxylic acids is 1. The Hall–Kier alpha value is -2.89. The normalized spacial score (nSPS) is 12.4. The van der Waals surface area contributed by atoms with Gasteiger partial charge in [0.1, 0.15) is 0 Å². The Morgan fingerprint density at radius 3 is 2.70 bits per heavy atom. The van der Waals surface area contributed by atoms with Gasteiger partial charge in [0.05, 0.1) is 26.6 Å². The Morgan fingerprint density at radius 1 is 1.27 bits per heavy atom. The third-order valence-electron chi connectivity index (χ3n) is 4.25. The van der Waals surface area contributed by atoms with Crippen LogP contribution in [0.15, 0.2) is 52.4 Å². The van der Waals surface area contributed by atoms with Crippen molar-refractivity contribution in [3.05, 3.63) is 62.9 Å². The van der Waals surface area contributed by atoms with Crippen molar-refractivity contribution in [2.75, 3.05) is 19.5 Å². The van der Waals surface area contributed by atoms with Crippen molar-refractivity contribution in [1.82, 2.24) is 4.57 Å². The number of nitro benzene ring substituents is 1. The van der Waals surface area contributed by atoms with Gasteiger partial charge in [-0.25, -0.2) is 8.42 Å². The number of fused-ring (bicyclic) bond motifs is 1. The average Bonchev–Trinajstić information content (AvgIpc) is 3.04. The topological polar surface area (TPSA) is 121 Å². The van der Waals surface area contributed by atoms with Gasteiger partial charge in [-0.1, -0.05) is 17.4 Å². The Kier molecular flexibility index (Phi) is 6.44. The van der Waals surface area contributed by atoms with Gasteiger partial charge in [-0.3, -0.25) is 14.9 Å². The van der Waals surface area contributed by atoms with Crippen LogP contribution in [0.25, 0.3) is 10.2 Å². The van der Waals surface area contributed by atoms with E-state index in [4.69, 9.17) is 4.74 Å². The first-order chi connectivity index (χ1) is 14.2. The highest BCUT2D eigenvalue weighted by Crippen LogP contribution is 2.23. The fourth-order valence-electron chi connectivity index (χ4n) is 2.78. The van der Waals surface area contributed by atoms with Gasteiger partial charge in [-0.2, -0.15) is 4.99 Å². The molecule has 0 aliphatic carbocycles. The van der Waals surface area contributed by atoms with Crippen LogP contribution in [-0.4, -0.2) is 43.3 Å². The molecule has 2 aromatic carbocycles. The van der Waals surface area contributed by atoms with Gasteiger partial charge in [0.15, 0.2) is 14.6 Å². The third kappa shape index (κ3) is 4.81. The first kappa shape index (κ1) is 21.8. The molecule has 0 aliphatic rings. The highest BCUT2D eigenvalue weighted by Gasteiger charge is 2.15. The SMILES string of the molecule is CCOCCn1c(=NC(=O)c2cccc(S(C)(=O)=O)c2)sc2ccc([N+](=O)[O-])cc21. The zero-order valence-corrected chi connectivity index (χ0v) is 17.9. The number of nitrogens with zero attached hydrogens (tertiary/aromatic N) is 3. The van der Waals surface area contributed by atoms with Crippen LogP contribution in [0.5, 0.6) is 0 Å². The summed E-state index contributed by atoms with van der Waals surface area (Å²) in [5, 5.41) is 11.1. The van der Waals surface area contributed by atoms with E-state index in [2.05, 4.69) is 4.99 Å². The molecule has 3 aromatic rings. The van der Waals surface area contributed by atoms with E-state index < -0.39 is 20.7 Å². The summed E-state index contributed by atoms with van der Waals surface area (Å²) >= 11 is 1.21. The summed E-state index contributed by atoms with van der Waals surface area (Å²) in [6.45, 7) is 3.05. The third-order valence-corrected chi connectivity index (χ3v) is 6.42. The van der Waals surface area contributed by atoms with Crippen LogP contribution in [0.1, 0.15) is 17.3 Å². The molecule has 0 saturated carbocycles. The number of benzene rings is 2. The van der Waals surface area contributed by atoms with Crippen molar-refractivity contribution in [2.45, 2.75) is 18.4 Å². The Morgan fingerprint density at radius 2 is 2.03 bits per heavy atom. The van der Waals surface area contributed by atoms with E-state index in [9.17, 15) is 23.3 Å². The summed E-state index contributed by atoms with van der Waals surface area (Å²) in [6, 6.07) is 10.1. The van der Waals surface area contributed by atoms with Crippen LogP contribution < -0.4 is 4.80 Å². The molecule has 158 valence electrons. The maximum Gasteiger partial charge on any atom is 0.279 e. The number of ether oxygens (including phenoxy) is 1. The quantitative estimate of drug-likeness (QED) is 0.311. The monoisotopic (exact) mass is 449 g/mol. The predicted molar refractivity (Wildman–Crippen MR) is 112 cm³/mol. The summed E-state index contributed by atoms with van der Waals surface area (Å²) in [5.74, 6) is -0.605. The summed E-state index contributed by atoms with van der Waals surface area (Å²) in [4.78, 5) is 27.9. The fourth-order valence-corrected chi connectivity index (χ4v) is 4.49. The molecule has 0 radical (unpaired) electrons. The zero-order valence-electron chi connectivity index (χ0n) is 16.3. The van der Waals surface area contributed by atoms with Crippen LogP contribution in [-0.2, 0) is 21.1 Å². The molecule has 0 atom stereocenters. The first-order valence-electron chi connectivity index (χ1n) is 8.95. The number of amides is 1. The van der Waals surface area contributed by atoms with E-state index in [0.717, 1.165) is 11.0 Å². The molecule has 0 N–H and O–H groups in total. The van der Waals surface area contributed by atoms with Crippen LogP contribution in [0.4, 0.5) is 5.69 Å². The second-order valence-corrected chi connectivity index (χ2v) is 9.38. The van der Waals surface area contributed by atoms with Crippen molar-refractivity contribution >= 4 is 43.0 Å². The molecule has 0 fully saturated rings. The van der Waals surface area contributed by atoms with Crippen molar-refractivity contribution in [3.63, 3.8) is 0 Å². The highest BCUT2D eigenvalue weighted by atomic mass is 32.2. The molecule has 30 heavy (non-hydrogen) atoms. The minimum Gasteiger partial charge on any atom is -0.380 e. The minimum absolute atomic E-state index is 0.0275. The largest absolute Gasteiger partial charge is 0.380 e. The van der Waals surface area contributed by atoms with Crippen molar-refractivity contribution < 1.29 is 22.9 Å². The maximum atomic E-state index is 12.7. The van der Waals surface area contributed by atoms with E-state index in [1.165, 1.54) is 47.7 Å². The molecule has 11 heteroatoms. The molecular weight excluding hydrogens is 430 g/mol. The van der Waals surface area contributed by atoms with Gasteiger partial charge >= 0.3 is 0 Å². The van der Waals surface area contributed by atoms with Gasteiger partial charge in [0.25, 0.3) is 11.6 Å². The van der Waals surface area contributed by atoms with Gasteiger partial charge in [-0.15, -0.1) is 0 Å². The molecular formula is C19H19N3O6S2. The van der Waals surface area contributed by atoms with Crippen molar-refractivity contribution in [1.29, 1.82) is 0 Å². The predicted octanol–water partition coefficient (Wildman–Crippen LogP) is 2.79. The van der Waals surface area contributed by atoms with Crippen molar-refractivity contribution in [3.8, 4) is 0 Å². The highest BCUT2D eigenvalue weighted by molar-refractivity contribution is 7.90.